The van der Waals surface area contributed by atoms with Crippen LogP contribution in [0, 0.1) is 0 Å². The number of carbonyl (C=O) groups excluding carboxylic acids is 1. The molecule has 2 aromatic carbocycles. The van der Waals surface area contributed by atoms with Crippen LogP contribution in [0.2, 0.25) is 5.02 Å². The Labute approximate surface area is 142 Å². The number of hydrogen-bond acceptors (Lipinski definition) is 5. The number of anilines is 1. The second-order valence-corrected chi connectivity index (χ2v) is 6.25. The topological polar surface area (TPSA) is 64.1 Å². The molecule has 7 heteroatoms. The average molecular weight is 348 g/mol. The van der Waals surface area contributed by atoms with Gasteiger partial charge in [-0.1, -0.05) is 54.1 Å². The van der Waals surface area contributed by atoms with Gasteiger partial charge in [0, 0.05) is 15.8 Å². The van der Waals surface area contributed by atoms with Crippen molar-refractivity contribution in [3.63, 3.8) is 0 Å². The molecule has 1 amide bonds. The molecule has 0 bridgehead atoms. The molecular formula is C16H14ClN3O2S. The van der Waals surface area contributed by atoms with Gasteiger partial charge in [-0.2, -0.15) is 0 Å². The normalized spacial score (nSPS) is 10.7. The third kappa shape index (κ3) is 3.60. The Morgan fingerprint density at radius 2 is 2.00 bits per heavy atom. The molecule has 3 rings (SSSR count). The molecule has 3 aromatic rings. The number of benzene rings is 2. The Hall–Kier alpha value is -2.18. The first kappa shape index (κ1) is 15.7. The molecule has 1 heterocycles. The fraction of sp³-hybridized carbons (Fsp3) is 0.188. The summed E-state index contributed by atoms with van der Waals surface area (Å²) in [6.45, 7) is 1.88. The van der Waals surface area contributed by atoms with Gasteiger partial charge in [0.05, 0.1) is 0 Å². The Morgan fingerprint density at radius 1 is 1.22 bits per heavy atom. The third-order valence-electron chi connectivity index (χ3n) is 3.21. The van der Waals surface area contributed by atoms with Gasteiger partial charge >= 0.3 is 0 Å². The van der Waals surface area contributed by atoms with Crippen molar-refractivity contribution in [2.45, 2.75) is 13.3 Å². The van der Waals surface area contributed by atoms with Crippen LogP contribution >= 0.6 is 22.9 Å². The molecule has 0 aliphatic carbocycles. The molecule has 23 heavy (non-hydrogen) atoms. The number of amides is 1. The van der Waals surface area contributed by atoms with Crippen molar-refractivity contribution >= 4 is 44.7 Å². The largest absolute Gasteiger partial charge is 0.483 e. The molecule has 1 N–H and O–H groups in total. The third-order valence-corrected chi connectivity index (χ3v) is 4.52. The SMILES string of the molecule is CCc1nnc(NC(=O)COc2ccc(Cl)c3ccccc23)s1. The van der Waals surface area contributed by atoms with E-state index in [1.807, 2.05) is 31.2 Å². The van der Waals surface area contributed by atoms with Crippen molar-refractivity contribution in [2.24, 2.45) is 0 Å². The predicted molar refractivity (Wildman–Crippen MR) is 92.4 cm³/mol. The minimum Gasteiger partial charge on any atom is -0.483 e. The first-order valence-electron chi connectivity index (χ1n) is 7.09. The van der Waals surface area contributed by atoms with E-state index in [1.165, 1.54) is 11.3 Å². The van der Waals surface area contributed by atoms with E-state index in [4.69, 9.17) is 16.3 Å². The molecule has 0 saturated carbocycles. The quantitative estimate of drug-likeness (QED) is 0.759. The number of rotatable bonds is 5. The number of carbonyl (C=O) groups is 1. The first-order chi connectivity index (χ1) is 11.2. The maximum absolute atomic E-state index is 12.0. The summed E-state index contributed by atoms with van der Waals surface area (Å²) in [5, 5.41) is 14.3. The number of aromatic nitrogens is 2. The zero-order valence-corrected chi connectivity index (χ0v) is 13.9. The second kappa shape index (κ2) is 6.93. The molecule has 0 atom stereocenters. The van der Waals surface area contributed by atoms with Crippen LogP contribution in [0.3, 0.4) is 0 Å². The van der Waals surface area contributed by atoms with E-state index in [-0.39, 0.29) is 12.5 Å². The summed E-state index contributed by atoms with van der Waals surface area (Å²) in [7, 11) is 0. The number of hydrogen-bond donors (Lipinski definition) is 1. The lowest BCUT2D eigenvalue weighted by Gasteiger charge is -2.09. The van der Waals surface area contributed by atoms with Crippen LogP contribution in [0.4, 0.5) is 5.13 Å². The van der Waals surface area contributed by atoms with Gasteiger partial charge in [0.2, 0.25) is 5.13 Å². The molecule has 0 aliphatic heterocycles. The van der Waals surface area contributed by atoms with Crippen LogP contribution in [0.15, 0.2) is 36.4 Å². The molecule has 0 fully saturated rings. The van der Waals surface area contributed by atoms with Gasteiger partial charge in [-0.25, -0.2) is 0 Å². The van der Waals surface area contributed by atoms with Crippen LogP contribution in [0.25, 0.3) is 10.8 Å². The zero-order chi connectivity index (χ0) is 16.2. The van der Waals surface area contributed by atoms with Gasteiger partial charge in [0.15, 0.2) is 6.61 Å². The highest BCUT2D eigenvalue weighted by molar-refractivity contribution is 7.15. The lowest BCUT2D eigenvalue weighted by molar-refractivity contribution is -0.118. The predicted octanol–water partition coefficient (Wildman–Crippen LogP) is 3.92. The Kier molecular flexibility index (Phi) is 4.73. The van der Waals surface area contributed by atoms with E-state index in [9.17, 15) is 4.79 Å². The zero-order valence-electron chi connectivity index (χ0n) is 12.4. The summed E-state index contributed by atoms with van der Waals surface area (Å²) in [6.07, 6.45) is 0.792. The molecule has 0 saturated heterocycles. The van der Waals surface area contributed by atoms with Gasteiger partial charge in [-0.15, -0.1) is 10.2 Å². The van der Waals surface area contributed by atoms with Crippen molar-refractivity contribution in [1.82, 2.24) is 10.2 Å². The Balaban J connectivity index is 1.68. The maximum Gasteiger partial charge on any atom is 0.264 e. The monoisotopic (exact) mass is 347 g/mol. The highest BCUT2D eigenvalue weighted by Crippen LogP contribution is 2.31. The molecule has 0 aliphatic rings. The summed E-state index contributed by atoms with van der Waals surface area (Å²) < 4.78 is 5.63. The maximum atomic E-state index is 12.0. The molecule has 5 nitrogen and oxygen atoms in total. The number of aryl methyl sites for hydroxylation is 1. The number of ether oxygens (including phenoxy) is 1. The van der Waals surface area contributed by atoms with E-state index in [1.54, 1.807) is 12.1 Å². The summed E-state index contributed by atoms with van der Waals surface area (Å²) in [5.41, 5.74) is 0. The smallest absolute Gasteiger partial charge is 0.264 e. The molecule has 1 aromatic heterocycles. The highest BCUT2D eigenvalue weighted by atomic mass is 35.5. The van der Waals surface area contributed by atoms with Gasteiger partial charge in [-0.3, -0.25) is 10.1 Å². The highest BCUT2D eigenvalue weighted by Gasteiger charge is 2.10. The fourth-order valence-electron chi connectivity index (χ4n) is 2.11. The van der Waals surface area contributed by atoms with Gasteiger partial charge < -0.3 is 4.74 Å². The fourth-order valence-corrected chi connectivity index (χ4v) is 3.03. The minimum absolute atomic E-state index is 0.104. The molecule has 118 valence electrons. The van der Waals surface area contributed by atoms with Crippen molar-refractivity contribution < 1.29 is 9.53 Å². The van der Waals surface area contributed by atoms with Crippen LogP contribution in [-0.2, 0) is 11.2 Å². The summed E-state index contributed by atoms with van der Waals surface area (Å²) in [6, 6.07) is 11.2. The van der Waals surface area contributed by atoms with Gasteiger partial charge in [0.25, 0.3) is 5.91 Å². The summed E-state index contributed by atoms with van der Waals surface area (Å²) >= 11 is 7.53. The minimum atomic E-state index is -0.275. The van der Waals surface area contributed by atoms with Crippen molar-refractivity contribution in [2.75, 3.05) is 11.9 Å². The standard InChI is InChI=1S/C16H14ClN3O2S/c1-2-15-19-20-16(23-15)18-14(21)9-22-13-8-7-12(17)10-5-3-4-6-11(10)13/h3-8H,2,9H2,1H3,(H,18,20,21). The molecule has 0 unspecified atom stereocenters. The van der Waals surface area contributed by atoms with Crippen molar-refractivity contribution in [3.05, 3.63) is 46.4 Å². The van der Waals surface area contributed by atoms with Crippen molar-refractivity contribution in [3.8, 4) is 5.75 Å². The molecule has 0 spiro atoms. The number of nitrogens with zero attached hydrogens (tertiary/aromatic N) is 2. The number of nitrogens with one attached hydrogen (secondary N) is 1. The van der Waals surface area contributed by atoms with Gasteiger partial charge in [-0.05, 0) is 18.6 Å². The van der Waals surface area contributed by atoms with Crippen LogP contribution in [0.1, 0.15) is 11.9 Å². The van der Waals surface area contributed by atoms with Gasteiger partial charge in [0.1, 0.15) is 10.8 Å². The Bertz CT molecular complexity index is 850. The van der Waals surface area contributed by atoms with Crippen LogP contribution < -0.4 is 10.1 Å². The Morgan fingerprint density at radius 3 is 2.74 bits per heavy atom. The molecular weight excluding hydrogens is 334 g/mol. The lowest BCUT2D eigenvalue weighted by atomic mass is 10.1. The number of halogens is 1. The molecule has 0 radical (unpaired) electrons. The summed E-state index contributed by atoms with van der Waals surface area (Å²) in [5.74, 6) is 0.342. The van der Waals surface area contributed by atoms with Crippen LogP contribution in [0.5, 0.6) is 5.75 Å². The van der Waals surface area contributed by atoms with E-state index >= 15 is 0 Å². The van der Waals surface area contributed by atoms with E-state index in [0.717, 1.165) is 22.2 Å². The van der Waals surface area contributed by atoms with E-state index in [2.05, 4.69) is 15.5 Å². The van der Waals surface area contributed by atoms with E-state index in [0.29, 0.717) is 15.9 Å². The van der Waals surface area contributed by atoms with E-state index < -0.39 is 0 Å². The number of fused-ring (bicyclic) bond motifs is 1. The average Bonchev–Trinajstić information content (AvgIpc) is 3.02. The summed E-state index contributed by atoms with van der Waals surface area (Å²) in [4.78, 5) is 12.0. The van der Waals surface area contributed by atoms with Crippen LogP contribution in [-0.4, -0.2) is 22.7 Å². The van der Waals surface area contributed by atoms with Crippen molar-refractivity contribution in [1.29, 1.82) is 0 Å². The first-order valence-corrected chi connectivity index (χ1v) is 8.29. The lowest BCUT2D eigenvalue weighted by Crippen LogP contribution is -2.20. The second-order valence-electron chi connectivity index (χ2n) is 4.78.